The highest BCUT2D eigenvalue weighted by molar-refractivity contribution is 7.20. The lowest BCUT2D eigenvalue weighted by atomic mass is 10.2. The number of aromatic nitrogens is 1. The third-order valence-corrected chi connectivity index (χ3v) is 3.37. The predicted octanol–water partition coefficient (Wildman–Crippen LogP) is 4.77. The number of halogens is 3. The Kier molecular flexibility index (Phi) is 2.98. The molecule has 5 heteroatoms. The van der Waals surface area contributed by atoms with E-state index in [1.807, 2.05) is 6.07 Å². The molecule has 2 rings (SSSR count). The molecule has 0 atom stereocenters. The quantitative estimate of drug-likeness (QED) is 0.723. The minimum Gasteiger partial charge on any atom is -0.263 e. The van der Waals surface area contributed by atoms with Crippen molar-refractivity contribution in [3.8, 4) is 11.1 Å². The van der Waals surface area contributed by atoms with E-state index in [2.05, 4.69) is 4.98 Å². The van der Waals surface area contributed by atoms with Crippen molar-refractivity contribution in [1.29, 1.82) is 0 Å². The molecule has 0 N–H and O–H groups in total. The van der Waals surface area contributed by atoms with Gasteiger partial charge in [0.1, 0.15) is 4.34 Å². The van der Waals surface area contributed by atoms with Crippen LogP contribution >= 0.6 is 46.1 Å². The molecule has 14 heavy (non-hydrogen) atoms. The lowest BCUT2D eigenvalue weighted by Gasteiger charge is -1.97. The highest BCUT2D eigenvalue weighted by atomic mass is 35.5. The molecule has 1 nitrogen and oxygen atoms in total. The highest BCUT2D eigenvalue weighted by Gasteiger charge is 2.08. The summed E-state index contributed by atoms with van der Waals surface area (Å²) in [6, 6.07) is 3.61. The summed E-state index contributed by atoms with van der Waals surface area (Å²) < 4.78 is 1.31. The van der Waals surface area contributed by atoms with Crippen LogP contribution in [0.1, 0.15) is 0 Å². The number of nitrogens with zero attached hydrogens (tertiary/aromatic N) is 1. The van der Waals surface area contributed by atoms with Crippen molar-refractivity contribution in [3.05, 3.63) is 38.2 Å². The van der Waals surface area contributed by atoms with Crippen LogP contribution in [-0.4, -0.2) is 4.98 Å². The third kappa shape index (κ3) is 2.04. The maximum atomic E-state index is 6.00. The molecule has 2 aromatic rings. The molecule has 0 fully saturated rings. The van der Waals surface area contributed by atoms with Crippen LogP contribution < -0.4 is 0 Å². The van der Waals surface area contributed by atoms with E-state index >= 15 is 0 Å². The van der Waals surface area contributed by atoms with Crippen molar-refractivity contribution in [1.82, 2.24) is 4.98 Å². The molecule has 0 aliphatic heterocycles. The molecule has 2 heterocycles. The van der Waals surface area contributed by atoms with Gasteiger partial charge in [-0.1, -0.05) is 34.8 Å². The number of thiophene rings is 1. The average molecular weight is 265 g/mol. The van der Waals surface area contributed by atoms with Crippen molar-refractivity contribution in [2.45, 2.75) is 0 Å². The molecule has 0 spiro atoms. The number of hydrogen-bond acceptors (Lipinski definition) is 2. The summed E-state index contributed by atoms with van der Waals surface area (Å²) in [4.78, 5) is 3.98. The summed E-state index contributed by atoms with van der Waals surface area (Å²) in [6.45, 7) is 0. The molecule has 0 aromatic carbocycles. The van der Waals surface area contributed by atoms with Crippen molar-refractivity contribution >= 4 is 46.1 Å². The second-order valence-electron chi connectivity index (χ2n) is 2.63. The zero-order valence-electron chi connectivity index (χ0n) is 6.80. The minimum atomic E-state index is 0.584. The van der Waals surface area contributed by atoms with Crippen LogP contribution in [0.2, 0.25) is 13.7 Å². The van der Waals surface area contributed by atoms with Gasteiger partial charge in [0.25, 0.3) is 0 Å². The first-order chi connectivity index (χ1) is 6.66. The van der Waals surface area contributed by atoms with Crippen molar-refractivity contribution in [2.75, 3.05) is 0 Å². The summed E-state index contributed by atoms with van der Waals surface area (Å²) in [6.07, 6.45) is 3.28. The Morgan fingerprint density at radius 1 is 1.07 bits per heavy atom. The summed E-state index contributed by atoms with van der Waals surface area (Å²) in [7, 11) is 0. The molecular weight excluding hydrogens is 261 g/mol. The van der Waals surface area contributed by atoms with Crippen LogP contribution in [-0.2, 0) is 0 Å². The fourth-order valence-corrected chi connectivity index (χ4v) is 2.78. The fourth-order valence-electron chi connectivity index (χ4n) is 1.10. The number of hydrogen-bond donors (Lipinski definition) is 0. The van der Waals surface area contributed by atoms with E-state index in [-0.39, 0.29) is 0 Å². The van der Waals surface area contributed by atoms with Crippen LogP contribution in [0.25, 0.3) is 11.1 Å². The highest BCUT2D eigenvalue weighted by Crippen LogP contribution is 2.38. The number of rotatable bonds is 1. The zero-order valence-corrected chi connectivity index (χ0v) is 9.88. The lowest BCUT2D eigenvalue weighted by Crippen LogP contribution is -1.77. The SMILES string of the molecule is Clc1cncc(-c2cc(Cl)sc2Cl)c1. The van der Waals surface area contributed by atoms with Gasteiger partial charge >= 0.3 is 0 Å². The van der Waals surface area contributed by atoms with Crippen molar-refractivity contribution in [2.24, 2.45) is 0 Å². The maximum absolute atomic E-state index is 6.00. The molecule has 0 radical (unpaired) electrons. The van der Waals surface area contributed by atoms with Crippen molar-refractivity contribution in [3.63, 3.8) is 0 Å². The molecular formula is C9H4Cl3NS. The van der Waals surface area contributed by atoms with Crippen LogP contribution in [0.5, 0.6) is 0 Å². The molecule has 0 aliphatic rings. The van der Waals surface area contributed by atoms with Gasteiger partial charge in [0.05, 0.1) is 9.36 Å². The summed E-state index contributed by atoms with van der Waals surface area (Å²) in [5.41, 5.74) is 1.75. The molecule has 0 aliphatic carbocycles. The standard InChI is InChI=1S/C9H4Cl3NS/c10-6-1-5(3-13-4-6)7-2-8(11)14-9(7)12/h1-4H. The molecule has 0 bridgehead atoms. The molecule has 2 aromatic heterocycles. The molecule has 0 unspecified atom stereocenters. The average Bonchev–Trinajstić information content (AvgIpc) is 2.45. The minimum absolute atomic E-state index is 0.584. The Bertz CT molecular complexity index is 467. The fraction of sp³-hybridized carbons (Fsp3) is 0. The Hall–Kier alpha value is -0.280. The smallest absolute Gasteiger partial charge is 0.102 e. The third-order valence-electron chi connectivity index (χ3n) is 1.67. The van der Waals surface area contributed by atoms with E-state index in [0.29, 0.717) is 13.7 Å². The second kappa shape index (κ2) is 4.07. The normalized spacial score (nSPS) is 10.5. The van der Waals surface area contributed by atoms with Crippen LogP contribution in [0.15, 0.2) is 24.5 Å². The molecule has 0 saturated heterocycles. The van der Waals surface area contributed by atoms with E-state index in [1.165, 1.54) is 11.3 Å². The van der Waals surface area contributed by atoms with Gasteiger partial charge in [0, 0.05) is 23.5 Å². The summed E-state index contributed by atoms with van der Waals surface area (Å²) in [5, 5.41) is 0.584. The first-order valence-corrected chi connectivity index (χ1v) is 5.67. The molecule has 72 valence electrons. The summed E-state index contributed by atoms with van der Waals surface area (Å²) in [5.74, 6) is 0. The monoisotopic (exact) mass is 263 g/mol. The molecule has 0 amide bonds. The zero-order chi connectivity index (χ0) is 10.1. The Morgan fingerprint density at radius 2 is 1.86 bits per heavy atom. The van der Waals surface area contributed by atoms with Gasteiger partial charge in [-0.25, -0.2) is 0 Å². The first kappa shape index (κ1) is 10.2. The van der Waals surface area contributed by atoms with Gasteiger partial charge in [0.2, 0.25) is 0 Å². The second-order valence-corrected chi connectivity index (χ2v) is 5.35. The Morgan fingerprint density at radius 3 is 2.43 bits per heavy atom. The van der Waals surface area contributed by atoms with Gasteiger partial charge < -0.3 is 0 Å². The van der Waals surface area contributed by atoms with Crippen LogP contribution in [0, 0.1) is 0 Å². The van der Waals surface area contributed by atoms with Crippen LogP contribution in [0.3, 0.4) is 0 Å². The van der Waals surface area contributed by atoms with Gasteiger partial charge in [-0.3, -0.25) is 4.98 Å². The van der Waals surface area contributed by atoms with E-state index in [9.17, 15) is 0 Å². The van der Waals surface area contributed by atoms with Crippen molar-refractivity contribution < 1.29 is 0 Å². The van der Waals surface area contributed by atoms with Crippen LogP contribution in [0.4, 0.5) is 0 Å². The maximum Gasteiger partial charge on any atom is 0.102 e. The van der Waals surface area contributed by atoms with E-state index < -0.39 is 0 Å². The topological polar surface area (TPSA) is 12.9 Å². The predicted molar refractivity (Wildman–Crippen MR) is 62.6 cm³/mol. The van der Waals surface area contributed by atoms with Gasteiger partial charge in [-0.2, -0.15) is 0 Å². The molecule has 0 saturated carbocycles. The first-order valence-electron chi connectivity index (χ1n) is 3.72. The van der Waals surface area contributed by atoms with E-state index in [4.69, 9.17) is 34.8 Å². The Labute approximate surface area is 100 Å². The summed E-state index contributed by atoms with van der Waals surface area (Å²) >= 11 is 19.0. The van der Waals surface area contributed by atoms with E-state index in [1.54, 1.807) is 18.5 Å². The lowest BCUT2D eigenvalue weighted by molar-refractivity contribution is 1.33. The van der Waals surface area contributed by atoms with Gasteiger partial charge in [0.15, 0.2) is 0 Å². The largest absolute Gasteiger partial charge is 0.263 e. The number of pyridine rings is 1. The Balaban J connectivity index is 2.54. The van der Waals surface area contributed by atoms with Gasteiger partial charge in [-0.05, 0) is 12.1 Å². The van der Waals surface area contributed by atoms with Gasteiger partial charge in [-0.15, -0.1) is 11.3 Å². The van der Waals surface area contributed by atoms with E-state index in [0.717, 1.165) is 11.1 Å².